The first-order chi connectivity index (χ1) is 7.88. The first-order valence-electron chi connectivity index (χ1n) is 6.48. The Hall–Kier alpha value is -0.220. The van der Waals surface area contributed by atoms with E-state index in [1.807, 2.05) is 11.8 Å². The smallest absolute Gasteiger partial charge is 0.240 e. The van der Waals surface area contributed by atoms with Gasteiger partial charge in [-0.15, -0.1) is 0 Å². The van der Waals surface area contributed by atoms with E-state index in [2.05, 4.69) is 10.2 Å². The fraction of sp³-hybridized carbons (Fsp3) is 0.917. The SMILES string of the molecule is O=C(C1CSCCN1)N1CCCCCCC1. The van der Waals surface area contributed by atoms with E-state index in [0.717, 1.165) is 31.1 Å². The van der Waals surface area contributed by atoms with Crippen LogP contribution in [0, 0.1) is 0 Å². The highest BCUT2D eigenvalue weighted by Gasteiger charge is 2.25. The molecule has 2 fully saturated rings. The van der Waals surface area contributed by atoms with Crippen molar-refractivity contribution in [1.29, 1.82) is 0 Å². The Morgan fingerprint density at radius 1 is 1.12 bits per heavy atom. The molecule has 3 nitrogen and oxygen atoms in total. The molecule has 16 heavy (non-hydrogen) atoms. The van der Waals surface area contributed by atoms with Gasteiger partial charge < -0.3 is 10.2 Å². The van der Waals surface area contributed by atoms with E-state index >= 15 is 0 Å². The fourth-order valence-electron chi connectivity index (χ4n) is 2.41. The average molecular weight is 242 g/mol. The molecule has 0 aromatic rings. The Labute approximate surface area is 102 Å². The van der Waals surface area contributed by atoms with Crippen LogP contribution in [0.2, 0.25) is 0 Å². The van der Waals surface area contributed by atoms with Gasteiger partial charge >= 0.3 is 0 Å². The topological polar surface area (TPSA) is 32.3 Å². The second-order valence-electron chi connectivity index (χ2n) is 4.67. The third-order valence-electron chi connectivity index (χ3n) is 3.39. The zero-order valence-corrected chi connectivity index (χ0v) is 10.7. The molecular formula is C12H22N2OS. The van der Waals surface area contributed by atoms with Gasteiger partial charge in [-0.3, -0.25) is 4.79 Å². The summed E-state index contributed by atoms with van der Waals surface area (Å²) in [5, 5.41) is 3.34. The van der Waals surface area contributed by atoms with Crippen molar-refractivity contribution in [3.05, 3.63) is 0 Å². The average Bonchev–Trinajstić information content (AvgIpc) is 2.29. The lowest BCUT2D eigenvalue weighted by atomic mass is 10.1. The van der Waals surface area contributed by atoms with Gasteiger partial charge in [0.15, 0.2) is 0 Å². The quantitative estimate of drug-likeness (QED) is 0.756. The number of hydrogen-bond donors (Lipinski definition) is 1. The number of thioether (sulfide) groups is 1. The molecule has 0 saturated carbocycles. The van der Waals surface area contributed by atoms with Gasteiger partial charge in [0.05, 0.1) is 6.04 Å². The van der Waals surface area contributed by atoms with E-state index in [1.165, 1.54) is 32.1 Å². The van der Waals surface area contributed by atoms with Crippen molar-refractivity contribution >= 4 is 17.7 Å². The van der Waals surface area contributed by atoms with Crippen molar-refractivity contribution in [3.8, 4) is 0 Å². The molecule has 4 heteroatoms. The molecule has 0 radical (unpaired) electrons. The molecule has 1 atom stereocenters. The minimum Gasteiger partial charge on any atom is -0.341 e. The Bertz CT molecular complexity index is 221. The summed E-state index contributed by atoms with van der Waals surface area (Å²) >= 11 is 1.89. The van der Waals surface area contributed by atoms with Gasteiger partial charge in [0.1, 0.15) is 0 Å². The van der Waals surface area contributed by atoms with Crippen molar-refractivity contribution in [1.82, 2.24) is 10.2 Å². The van der Waals surface area contributed by atoms with Crippen LogP contribution >= 0.6 is 11.8 Å². The molecule has 1 unspecified atom stereocenters. The maximum Gasteiger partial charge on any atom is 0.240 e. The van der Waals surface area contributed by atoms with E-state index in [9.17, 15) is 4.79 Å². The summed E-state index contributed by atoms with van der Waals surface area (Å²) in [5.41, 5.74) is 0. The number of hydrogen-bond acceptors (Lipinski definition) is 3. The van der Waals surface area contributed by atoms with Crippen molar-refractivity contribution < 1.29 is 4.79 Å². The first kappa shape index (κ1) is 12.2. The zero-order valence-electron chi connectivity index (χ0n) is 9.91. The predicted octanol–water partition coefficient (Wildman–Crippen LogP) is 1.48. The maximum atomic E-state index is 12.3. The van der Waals surface area contributed by atoms with Crippen LogP contribution in [-0.4, -0.2) is 48.0 Å². The lowest BCUT2D eigenvalue weighted by molar-refractivity contribution is -0.133. The summed E-state index contributed by atoms with van der Waals surface area (Å²) < 4.78 is 0. The first-order valence-corrected chi connectivity index (χ1v) is 7.63. The Morgan fingerprint density at radius 2 is 1.81 bits per heavy atom. The van der Waals surface area contributed by atoms with Crippen LogP contribution in [-0.2, 0) is 4.79 Å². The standard InChI is InChI=1S/C12H22N2OS/c15-12(11-10-16-9-6-13-11)14-7-4-2-1-3-5-8-14/h11,13H,1-10H2. The second-order valence-corrected chi connectivity index (χ2v) is 5.82. The summed E-state index contributed by atoms with van der Waals surface area (Å²) in [6.45, 7) is 2.93. The molecule has 2 heterocycles. The summed E-state index contributed by atoms with van der Waals surface area (Å²) in [7, 11) is 0. The fourth-order valence-corrected chi connectivity index (χ4v) is 3.34. The van der Waals surface area contributed by atoms with E-state index in [1.54, 1.807) is 0 Å². The number of nitrogens with zero attached hydrogens (tertiary/aromatic N) is 1. The molecule has 1 N–H and O–H groups in total. The van der Waals surface area contributed by atoms with E-state index in [0.29, 0.717) is 5.91 Å². The molecule has 92 valence electrons. The maximum absolute atomic E-state index is 12.3. The van der Waals surface area contributed by atoms with Crippen LogP contribution in [0.3, 0.4) is 0 Å². The molecule has 1 amide bonds. The third-order valence-corrected chi connectivity index (χ3v) is 4.45. The molecule has 0 spiro atoms. The van der Waals surface area contributed by atoms with Gasteiger partial charge in [0.2, 0.25) is 5.91 Å². The van der Waals surface area contributed by atoms with Crippen LogP contribution in [0.25, 0.3) is 0 Å². The monoisotopic (exact) mass is 242 g/mol. The van der Waals surface area contributed by atoms with Crippen molar-refractivity contribution in [2.75, 3.05) is 31.1 Å². The number of nitrogens with one attached hydrogen (secondary N) is 1. The number of likely N-dealkylation sites (tertiary alicyclic amines) is 1. The lowest BCUT2D eigenvalue weighted by Crippen LogP contribution is -2.51. The van der Waals surface area contributed by atoms with E-state index in [4.69, 9.17) is 0 Å². The van der Waals surface area contributed by atoms with Gasteiger partial charge in [-0.05, 0) is 12.8 Å². The van der Waals surface area contributed by atoms with Gasteiger partial charge in [-0.25, -0.2) is 0 Å². The van der Waals surface area contributed by atoms with Crippen molar-refractivity contribution in [2.24, 2.45) is 0 Å². The summed E-state index contributed by atoms with van der Waals surface area (Å²) in [6.07, 6.45) is 6.30. The van der Waals surface area contributed by atoms with Gasteiger partial charge in [0.25, 0.3) is 0 Å². The third kappa shape index (κ3) is 3.39. The molecule has 2 aliphatic heterocycles. The number of carbonyl (C=O) groups excluding carboxylic acids is 1. The number of amides is 1. The summed E-state index contributed by atoms with van der Waals surface area (Å²) in [4.78, 5) is 14.4. The molecule has 2 aliphatic rings. The van der Waals surface area contributed by atoms with Crippen LogP contribution in [0.1, 0.15) is 32.1 Å². The predicted molar refractivity (Wildman–Crippen MR) is 68.8 cm³/mol. The minimum atomic E-state index is 0.0816. The van der Waals surface area contributed by atoms with Crippen LogP contribution in [0.4, 0.5) is 0 Å². The van der Waals surface area contributed by atoms with Crippen molar-refractivity contribution in [2.45, 2.75) is 38.1 Å². The highest BCUT2D eigenvalue weighted by atomic mass is 32.2. The van der Waals surface area contributed by atoms with Gasteiger partial charge in [0, 0.05) is 31.1 Å². The van der Waals surface area contributed by atoms with E-state index < -0.39 is 0 Å². The summed E-state index contributed by atoms with van der Waals surface area (Å²) in [6, 6.07) is 0.0816. The molecule has 0 bridgehead atoms. The van der Waals surface area contributed by atoms with Crippen LogP contribution < -0.4 is 5.32 Å². The second kappa shape index (κ2) is 6.50. The molecule has 0 aromatic heterocycles. The Kier molecular flexibility index (Phi) is 4.97. The molecule has 0 aliphatic carbocycles. The minimum absolute atomic E-state index is 0.0816. The van der Waals surface area contributed by atoms with Crippen LogP contribution in [0.5, 0.6) is 0 Å². The zero-order chi connectivity index (χ0) is 11.2. The highest BCUT2D eigenvalue weighted by molar-refractivity contribution is 7.99. The molecular weight excluding hydrogens is 220 g/mol. The Morgan fingerprint density at radius 3 is 2.44 bits per heavy atom. The number of carbonyl (C=O) groups is 1. The molecule has 2 rings (SSSR count). The molecule has 2 saturated heterocycles. The number of rotatable bonds is 1. The van der Waals surface area contributed by atoms with Crippen LogP contribution in [0.15, 0.2) is 0 Å². The molecule has 0 aromatic carbocycles. The Balaban J connectivity index is 1.85. The van der Waals surface area contributed by atoms with Crippen molar-refractivity contribution in [3.63, 3.8) is 0 Å². The largest absolute Gasteiger partial charge is 0.341 e. The van der Waals surface area contributed by atoms with Gasteiger partial charge in [-0.1, -0.05) is 19.3 Å². The highest BCUT2D eigenvalue weighted by Crippen LogP contribution is 2.14. The normalized spacial score (nSPS) is 28.2. The summed E-state index contributed by atoms with van der Waals surface area (Å²) in [5.74, 6) is 2.44. The van der Waals surface area contributed by atoms with E-state index in [-0.39, 0.29) is 6.04 Å². The lowest BCUT2D eigenvalue weighted by Gasteiger charge is -2.31. The van der Waals surface area contributed by atoms with Gasteiger partial charge in [-0.2, -0.15) is 11.8 Å².